The third kappa shape index (κ3) is 3.80. The van der Waals surface area contributed by atoms with E-state index in [1.807, 2.05) is 19.2 Å². The lowest BCUT2D eigenvalue weighted by molar-refractivity contribution is 0.734. The van der Waals surface area contributed by atoms with Gasteiger partial charge in [-0.3, -0.25) is 4.98 Å². The van der Waals surface area contributed by atoms with Crippen LogP contribution in [0.1, 0.15) is 12.5 Å². The smallest absolute Gasteiger partial charge is 0.121 e. The van der Waals surface area contributed by atoms with Crippen LogP contribution in [0.4, 0.5) is 0 Å². The molecule has 2 aromatic rings. The van der Waals surface area contributed by atoms with Gasteiger partial charge in [-0.15, -0.1) is 0 Å². The van der Waals surface area contributed by atoms with Crippen LogP contribution in [0, 0.1) is 0 Å². The molecule has 88 valence electrons. The molecule has 0 aliphatic heterocycles. The predicted octanol–water partition coefficient (Wildman–Crippen LogP) is 1.91. The van der Waals surface area contributed by atoms with E-state index >= 15 is 0 Å². The highest BCUT2D eigenvalue weighted by Crippen LogP contribution is 2.22. The van der Waals surface area contributed by atoms with E-state index in [1.165, 1.54) is 11.8 Å². The van der Waals surface area contributed by atoms with E-state index in [0.29, 0.717) is 0 Å². The van der Waals surface area contributed by atoms with Gasteiger partial charge in [-0.25, -0.2) is 9.97 Å². The van der Waals surface area contributed by atoms with Crippen LogP contribution in [0.3, 0.4) is 0 Å². The third-order valence-electron chi connectivity index (χ3n) is 2.10. The first-order valence-electron chi connectivity index (χ1n) is 5.38. The molecule has 2 aromatic heterocycles. The van der Waals surface area contributed by atoms with E-state index in [9.17, 15) is 0 Å². The van der Waals surface area contributed by atoms with Crippen molar-refractivity contribution in [2.45, 2.75) is 29.4 Å². The molecule has 0 aliphatic rings. The Morgan fingerprint density at radius 2 is 2.06 bits per heavy atom. The standard InChI is InChI=1S/C12H14N4S/c1-9(13)6-10-2-3-11(16-7-10)17-12-8-14-4-5-15-12/h2-5,7-9H,6,13H2,1H3. The summed E-state index contributed by atoms with van der Waals surface area (Å²) < 4.78 is 0. The summed E-state index contributed by atoms with van der Waals surface area (Å²) in [5, 5.41) is 1.76. The van der Waals surface area contributed by atoms with Crippen LogP contribution in [0.2, 0.25) is 0 Å². The minimum atomic E-state index is 0.162. The van der Waals surface area contributed by atoms with E-state index in [1.54, 1.807) is 18.6 Å². The summed E-state index contributed by atoms with van der Waals surface area (Å²) in [6, 6.07) is 4.20. The Bertz CT molecular complexity index is 456. The van der Waals surface area contributed by atoms with E-state index in [-0.39, 0.29) is 6.04 Å². The molecule has 1 unspecified atom stereocenters. The van der Waals surface area contributed by atoms with Gasteiger partial charge in [-0.05, 0) is 36.7 Å². The first-order chi connectivity index (χ1) is 8.24. The van der Waals surface area contributed by atoms with Gasteiger partial charge in [0.15, 0.2) is 0 Å². The highest BCUT2D eigenvalue weighted by Gasteiger charge is 2.02. The van der Waals surface area contributed by atoms with Crippen molar-refractivity contribution in [1.82, 2.24) is 15.0 Å². The maximum Gasteiger partial charge on any atom is 0.121 e. The number of nitrogens with two attached hydrogens (primary N) is 1. The molecule has 0 aliphatic carbocycles. The van der Waals surface area contributed by atoms with Gasteiger partial charge in [0.25, 0.3) is 0 Å². The van der Waals surface area contributed by atoms with Crippen molar-refractivity contribution in [2.75, 3.05) is 0 Å². The highest BCUT2D eigenvalue weighted by molar-refractivity contribution is 7.99. The largest absolute Gasteiger partial charge is 0.328 e. The van der Waals surface area contributed by atoms with Crippen LogP contribution in [0.25, 0.3) is 0 Å². The summed E-state index contributed by atoms with van der Waals surface area (Å²) in [5.41, 5.74) is 6.89. The molecule has 0 spiro atoms. The Morgan fingerprint density at radius 1 is 1.18 bits per heavy atom. The van der Waals surface area contributed by atoms with Crippen molar-refractivity contribution in [2.24, 2.45) is 5.73 Å². The van der Waals surface area contributed by atoms with Crippen LogP contribution < -0.4 is 5.73 Å². The van der Waals surface area contributed by atoms with E-state index in [2.05, 4.69) is 21.0 Å². The van der Waals surface area contributed by atoms with E-state index < -0.39 is 0 Å². The summed E-state index contributed by atoms with van der Waals surface area (Å²) in [6.07, 6.45) is 7.77. The number of hydrogen-bond acceptors (Lipinski definition) is 5. The van der Waals surface area contributed by atoms with Crippen molar-refractivity contribution in [1.29, 1.82) is 0 Å². The van der Waals surface area contributed by atoms with Crippen LogP contribution >= 0.6 is 11.8 Å². The van der Waals surface area contributed by atoms with Gasteiger partial charge in [0.1, 0.15) is 10.1 Å². The summed E-state index contributed by atoms with van der Waals surface area (Å²) in [5.74, 6) is 0. The van der Waals surface area contributed by atoms with Gasteiger partial charge >= 0.3 is 0 Å². The Hall–Kier alpha value is -1.46. The molecule has 17 heavy (non-hydrogen) atoms. The highest BCUT2D eigenvalue weighted by atomic mass is 32.2. The SMILES string of the molecule is CC(N)Cc1ccc(Sc2cnccn2)nc1. The van der Waals surface area contributed by atoms with Crippen molar-refractivity contribution in [3.8, 4) is 0 Å². The van der Waals surface area contributed by atoms with Crippen LogP contribution in [0.15, 0.2) is 47.0 Å². The van der Waals surface area contributed by atoms with E-state index in [4.69, 9.17) is 5.73 Å². The zero-order valence-electron chi connectivity index (χ0n) is 9.58. The number of pyridine rings is 1. The zero-order valence-corrected chi connectivity index (χ0v) is 10.4. The molecule has 0 saturated heterocycles. The van der Waals surface area contributed by atoms with Gasteiger partial charge in [-0.2, -0.15) is 0 Å². The fourth-order valence-corrected chi connectivity index (χ4v) is 2.09. The summed E-state index contributed by atoms with van der Waals surface area (Å²) >= 11 is 1.50. The number of rotatable bonds is 4. The molecule has 0 fully saturated rings. The summed E-state index contributed by atoms with van der Waals surface area (Å²) in [7, 11) is 0. The van der Waals surface area contributed by atoms with Gasteiger partial charge in [0.05, 0.1) is 6.20 Å². The Kier molecular flexibility index (Phi) is 4.06. The normalized spacial score (nSPS) is 12.4. The molecule has 1 atom stereocenters. The summed E-state index contributed by atoms with van der Waals surface area (Å²) in [6.45, 7) is 1.99. The Morgan fingerprint density at radius 3 is 2.65 bits per heavy atom. The molecule has 0 saturated carbocycles. The minimum Gasteiger partial charge on any atom is -0.328 e. The fraction of sp³-hybridized carbons (Fsp3) is 0.250. The lowest BCUT2D eigenvalue weighted by atomic mass is 10.1. The number of hydrogen-bond donors (Lipinski definition) is 1. The van der Waals surface area contributed by atoms with Gasteiger partial charge in [0, 0.05) is 24.6 Å². The van der Waals surface area contributed by atoms with Crippen molar-refractivity contribution in [3.05, 3.63) is 42.5 Å². The fourth-order valence-electron chi connectivity index (χ4n) is 1.41. The predicted molar refractivity (Wildman–Crippen MR) is 67.7 cm³/mol. The molecular formula is C12H14N4S. The molecule has 2 heterocycles. The maximum absolute atomic E-state index is 5.73. The number of nitrogens with zero attached hydrogens (tertiary/aromatic N) is 3. The molecule has 2 rings (SSSR count). The molecule has 0 bridgehead atoms. The van der Waals surface area contributed by atoms with Crippen LogP contribution in [0.5, 0.6) is 0 Å². The average molecular weight is 246 g/mol. The molecule has 0 amide bonds. The first kappa shape index (κ1) is 12.0. The van der Waals surface area contributed by atoms with Gasteiger partial charge < -0.3 is 5.73 Å². The molecule has 0 aromatic carbocycles. The maximum atomic E-state index is 5.73. The van der Waals surface area contributed by atoms with Crippen molar-refractivity contribution >= 4 is 11.8 Å². The molecule has 4 nitrogen and oxygen atoms in total. The molecule has 0 radical (unpaired) electrons. The lowest BCUT2D eigenvalue weighted by Gasteiger charge is -2.05. The molecule has 2 N–H and O–H groups in total. The Balaban J connectivity index is 2.03. The van der Waals surface area contributed by atoms with Crippen LogP contribution in [-0.4, -0.2) is 21.0 Å². The second-order valence-corrected chi connectivity index (χ2v) is 4.87. The summed E-state index contributed by atoms with van der Waals surface area (Å²) in [4.78, 5) is 12.6. The number of aromatic nitrogens is 3. The van der Waals surface area contributed by atoms with Crippen LogP contribution in [-0.2, 0) is 6.42 Å². The Labute approximate surface area is 105 Å². The van der Waals surface area contributed by atoms with E-state index in [0.717, 1.165) is 22.0 Å². The quantitative estimate of drug-likeness (QED) is 0.892. The molecule has 5 heteroatoms. The monoisotopic (exact) mass is 246 g/mol. The van der Waals surface area contributed by atoms with Crippen molar-refractivity contribution in [3.63, 3.8) is 0 Å². The molecular weight excluding hydrogens is 232 g/mol. The zero-order chi connectivity index (χ0) is 12.1. The van der Waals surface area contributed by atoms with Crippen molar-refractivity contribution < 1.29 is 0 Å². The average Bonchev–Trinajstić information content (AvgIpc) is 2.32. The van der Waals surface area contributed by atoms with Gasteiger partial charge in [-0.1, -0.05) is 6.07 Å². The first-order valence-corrected chi connectivity index (χ1v) is 6.20. The second kappa shape index (κ2) is 5.75. The third-order valence-corrected chi connectivity index (χ3v) is 2.97. The topological polar surface area (TPSA) is 64.7 Å². The van der Waals surface area contributed by atoms with Gasteiger partial charge in [0.2, 0.25) is 0 Å². The minimum absolute atomic E-state index is 0.162. The second-order valence-electron chi connectivity index (χ2n) is 3.83. The lowest BCUT2D eigenvalue weighted by Crippen LogP contribution is -2.17.